The number of piperidine rings is 1. The molecule has 1 atom stereocenters. The third-order valence-electron chi connectivity index (χ3n) is 5.53. The summed E-state index contributed by atoms with van der Waals surface area (Å²) in [6, 6.07) is 0.433. The first-order chi connectivity index (χ1) is 9.93. The molecule has 0 aromatic rings. The van der Waals surface area contributed by atoms with Crippen LogP contribution in [0, 0.1) is 11.3 Å². The topological polar surface area (TPSA) is 43.8 Å². The molecule has 1 aliphatic carbocycles. The second kappa shape index (κ2) is 7.10. The van der Waals surface area contributed by atoms with Crippen LogP contribution in [0.1, 0.15) is 52.4 Å². The fourth-order valence-electron chi connectivity index (χ4n) is 3.83. The van der Waals surface area contributed by atoms with Crippen molar-refractivity contribution in [1.29, 1.82) is 0 Å². The van der Waals surface area contributed by atoms with Crippen LogP contribution in [-0.2, 0) is 4.79 Å². The second-order valence-corrected chi connectivity index (χ2v) is 7.70. The molecule has 4 heteroatoms. The van der Waals surface area contributed by atoms with E-state index in [-0.39, 0.29) is 17.9 Å². The Morgan fingerprint density at radius 1 is 1.33 bits per heavy atom. The molecular weight excluding hydrogens is 264 g/mol. The lowest BCUT2D eigenvalue weighted by Gasteiger charge is -2.40. The Balaban J connectivity index is 1.83. The molecule has 4 nitrogen and oxygen atoms in total. The van der Waals surface area contributed by atoms with Gasteiger partial charge in [0.25, 0.3) is 0 Å². The summed E-state index contributed by atoms with van der Waals surface area (Å²) in [6.45, 7) is 6.98. The summed E-state index contributed by atoms with van der Waals surface area (Å²) < 4.78 is 0. The van der Waals surface area contributed by atoms with Crippen LogP contribution >= 0.6 is 0 Å². The van der Waals surface area contributed by atoms with Crippen molar-refractivity contribution in [2.75, 3.05) is 33.3 Å². The van der Waals surface area contributed by atoms with Gasteiger partial charge >= 0.3 is 0 Å². The van der Waals surface area contributed by atoms with Gasteiger partial charge in [0.05, 0.1) is 6.54 Å². The maximum Gasteiger partial charge on any atom is 0.236 e. The first-order valence-electron chi connectivity index (χ1n) is 8.52. The van der Waals surface area contributed by atoms with Crippen molar-refractivity contribution in [2.24, 2.45) is 11.3 Å². The van der Waals surface area contributed by atoms with E-state index in [0.29, 0.717) is 12.6 Å². The smallest absolute Gasteiger partial charge is 0.236 e. The van der Waals surface area contributed by atoms with Gasteiger partial charge in [-0.2, -0.15) is 0 Å². The van der Waals surface area contributed by atoms with Crippen molar-refractivity contribution in [3.63, 3.8) is 0 Å². The molecular formula is C17H32N2O2. The summed E-state index contributed by atoms with van der Waals surface area (Å²) >= 11 is 0. The number of carbonyl (C=O) groups excluding carboxylic acids is 1. The van der Waals surface area contributed by atoms with E-state index in [1.165, 1.54) is 12.8 Å². The zero-order valence-electron chi connectivity index (χ0n) is 14.0. The summed E-state index contributed by atoms with van der Waals surface area (Å²) in [4.78, 5) is 16.7. The number of carbonyl (C=O) groups is 1. The van der Waals surface area contributed by atoms with E-state index in [9.17, 15) is 9.90 Å². The molecule has 0 aromatic carbocycles. The predicted octanol–water partition coefficient (Wildman–Crippen LogP) is 2.12. The molecule has 0 bridgehead atoms. The summed E-state index contributed by atoms with van der Waals surface area (Å²) in [7, 11) is 1.97. The molecule has 1 heterocycles. The van der Waals surface area contributed by atoms with Gasteiger partial charge < -0.3 is 10.0 Å². The van der Waals surface area contributed by atoms with Crippen molar-refractivity contribution in [1.82, 2.24) is 9.80 Å². The van der Waals surface area contributed by atoms with E-state index < -0.39 is 0 Å². The Bertz CT molecular complexity index is 353. The number of hydrogen-bond acceptors (Lipinski definition) is 3. The Morgan fingerprint density at radius 2 is 2.00 bits per heavy atom. The maximum absolute atomic E-state index is 12.5. The van der Waals surface area contributed by atoms with Crippen LogP contribution in [0.2, 0.25) is 0 Å². The summed E-state index contributed by atoms with van der Waals surface area (Å²) in [5.74, 6) is 1.06. The highest BCUT2D eigenvalue weighted by atomic mass is 16.3. The van der Waals surface area contributed by atoms with Crippen LogP contribution in [0.25, 0.3) is 0 Å². The van der Waals surface area contributed by atoms with Gasteiger partial charge in [0.1, 0.15) is 0 Å². The molecule has 122 valence electrons. The standard InChI is InChI=1S/C17H32N2O2/c1-14-5-7-15(8-6-14)18(3)16(21)11-19-10-4-9-17(2,12-19)13-20/h14-15,20H,4-13H2,1-3H3. The van der Waals surface area contributed by atoms with Crippen LogP contribution in [0.4, 0.5) is 0 Å². The minimum atomic E-state index is -0.0304. The Labute approximate surface area is 129 Å². The zero-order valence-corrected chi connectivity index (χ0v) is 14.0. The van der Waals surface area contributed by atoms with Gasteiger partial charge in [0.2, 0.25) is 5.91 Å². The van der Waals surface area contributed by atoms with E-state index in [2.05, 4.69) is 18.7 Å². The number of nitrogens with zero attached hydrogens (tertiary/aromatic N) is 2. The monoisotopic (exact) mass is 296 g/mol. The molecule has 1 unspecified atom stereocenters. The number of likely N-dealkylation sites (N-methyl/N-ethyl adjacent to an activating group) is 1. The normalized spacial score (nSPS) is 34.7. The maximum atomic E-state index is 12.5. The highest BCUT2D eigenvalue weighted by Gasteiger charge is 2.32. The van der Waals surface area contributed by atoms with Crippen LogP contribution in [0.5, 0.6) is 0 Å². The largest absolute Gasteiger partial charge is 0.396 e. The van der Waals surface area contributed by atoms with Crippen molar-refractivity contribution < 1.29 is 9.90 Å². The molecule has 0 radical (unpaired) electrons. The zero-order chi connectivity index (χ0) is 15.5. The van der Waals surface area contributed by atoms with E-state index >= 15 is 0 Å². The quantitative estimate of drug-likeness (QED) is 0.864. The van der Waals surface area contributed by atoms with E-state index in [1.54, 1.807) is 0 Å². The van der Waals surface area contributed by atoms with Crippen LogP contribution in [-0.4, -0.2) is 60.1 Å². The first kappa shape index (κ1) is 16.8. The number of amides is 1. The molecule has 1 aliphatic heterocycles. The number of hydrogen-bond donors (Lipinski definition) is 1. The third-order valence-corrected chi connectivity index (χ3v) is 5.53. The fourth-order valence-corrected chi connectivity index (χ4v) is 3.83. The predicted molar refractivity (Wildman–Crippen MR) is 85.1 cm³/mol. The molecule has 21 heavy (non-hydrogen) atoms. The molecule has 1 saturated carbocycles. The lowest BCUT2D eigenvalue weighted by atomic mass is 9.83. The lowest BCUT2D eigenvalue weighted by Crippen LogP contribution is -2.49. The molecule has 0 spiro atoms. The molecule has 1 saturated heterocycles. The van der Waals surface area contributed by atoms with E-state index in [4.69, 9.17) is 0 Å². The van der Waals surface area contributed by atoms with Gasteiger partial charge in [-0.3, -0.25) is 9.69 Å². The summed E-state index contributed by atoms with van der Waals surface area (Å²) in [6.07, 6.45) is 6.93. The summed E-state index contributed by atoms with van der Waals surface area (Å²) in [5, 5.41) is 9.52. The highest BCUT2D eigenvalue weighted by Crippen LogP contribution is 2.29. The van der Waals surface area contributed by atoms with Gasteiger partial charge in [-0.05, 0) is 51.0 Å². The average Bonchev–Trinajstić information content (AvgIpc) is 2.47. The van der Waals surface area contributed by atoms with Gasteiger partial charge in [0.15, 0.2) is 0 Å². The number of likely N-dealkylation sites (tertiary alicyclic amines) is 1. The Morgan fingerprint density at radius 3 is 2.62 bits per heavy atom. The minimum absolute atomic E-state index is 0.0304. The van der Waals surface area contributed by atoms with Crippen LogP contribution in [0.15, 0.2) is 0 Å². The van der Waals surface area contributed by atoms with Gasteiger partial charge in [-0.1, -0.05) is 13.8 Å². The Hall–Kier alpha value is -0.610. The van der Waals surface area contributed by atoms with Gasteiger partial charge in [0, 0.05) is 31.7 Å². The second-order valence-electron chi connectivity index (χ2n) is 7.70. The van der Waals surface area contributed by atoms with Crippen LogP contribution in [0.3, 0.4) is 0 Å². The molecule has 2 aliphatic rings. The van der Waals surface area contributed by atoms with E-state index in [0.717, 1.165) is 44.7 Å². The third kappa shape index (κ3) is 4.43. The van der Waals surface area contributed by atoms with Crippen molar-refractivity contribution in [3.05, 3.63) is 0 Å². The highest BCUT2D eigenvalue weighted by molar-refractivity contribution is 5.78. The van der Waals surface area contributed by atoms with Gasteiger partial charge in [-0.25, -0.2) is 0 Å². The molecule has 0 aromatic heterocycles. The molecule has 1 N–H and O–H groups in total. The van der Waals surface area contributed by atoms with Crippen molar-refractivity contribution in [2.45, 2.75) is 58.4 Å². The van der Waals surface area contributed by atoms with Crippen molar-refractivity contribution in [3.8, 4) is 0 Å². The van der Waals surface area contributed by atoms with E-state index in [1.807, 2.05) is 11.9 Å². The average molecular weight is 296 g/mol. The number of aliphatic hydroxyl groups excluding tert-OH is 1. The van der Waals surface area contributed by atoms with Gasteiger partial charge in [-0.15, -0.1) is 0 Å². The summed E-state index contributed by atoms with van der Waals surface area (Å²) in [5.41, 5.74) is -0.0304. The number of aliphatic hydroxyl groups is 1. The minimum Gasteiger partial charge on any atom is -0.396 e. The SMILES string of the molecule is CC1CCC(N(C)C(=O)CN2CCCC(C)(CO)C2)CC1. The van der Waals surface area contributed by atoms with Crippen LogP contribution < -0.4 is 0 Å². The molecule has 1 amide bonds. The van der Waals surface area contributed by atoms with Crippen molar-refractivity contribution >= 4 is 5.91 Å². The molecule has 2 fully saturated rings. The fraction of sp³-hybridized carbons (Fsp3) is 0.941. The lowest BCUT2D eigenvalue weighted by molar-refractivity contribution is -0.135. The number of rotatable bonds is 4. The molecule has 2 rings (SSSR count). The Kier molecular flexibility index (Phi) is 5.67. The first-order valence-corrected chi connectivity index (χ1v) is 8.52.